The van der Waals surface area contributed by atoms with Gasteiger partial charge in [0, 0.05) is 19.5 Å². The summed E-state index contributed by atoms with van der Waals surface area (Å²) in [6.07, 6.45) is 1.88. The van der Waals surface area contributed by atoms with Gasteiger partial charge in [-0.15, -0.1) is 0 Å². The van der Waals surface area contributed by atoms with E-state index in [2.05, 4.69) is 21.3 Å². The zero-order valence-electron chi connectivity index (χ0n) is 19.0. The Labute approximate surface area is 175 Å². The molecule has 2 atom stereocenters. The maximum Gasteiger partial charge on any atom is 0.407 e. The van der Waals surface area contributed by atoms with E-state index >= 15 is 0 Å². The van der Waals surface area contributed by atoms with E-state index in [1.165, 1.54) is 7.05 Å². The van der Waals surface area contributed by atoms with Crippen LogP contribution in [0.1, 0.15) is 60.8 Å². The van der Waals surface area contributed by atoms with Crippen molar-refractivity contribution in [1.82, 2.24) is 21.3 Å². The highest BCUT2D eigenvalue weighted by atomic mass is 16.5. The molecule has 0 saturated heterocycles. The minimum Gasteiger partial charge on any atom is -0.449 e. The second-order valence-electron chi connectivity index (χ2n) is 7.36. The number of carbonyl (C=O) groups is 4. The Morgan fingerprint density at radius 3 is 1.83 bits per heavy atom. The van der Waals surface area contributed by atoms with E-state index in [9.17, 15) is 19.2 Å². The summed E-state index contributed by atoms with van der Waals surface area (Å²) in [5.41, 5.74) is 0. The summed E-state index contributed by atoms with van der Waals surface area (Å²) >= 11 is 0. The van der Waals surface area contributed by atoms with Crippen LogP contribution in [0, 0.1) is 11.8 Å². The molecule has 0 bridgehead atoms. The van der Waals surface area contributed by atoms with Crippen LogP contribution in [-0.2, 0) is 19.1 Å². The lowest BCUT2D eigenvalue weighted by Crippen LogP contribution is -2.40. The van der Waals surface area contributed by atoms with Crippen molar-refractivity contribution in [3.8, 4) is 0 Å². The van der Waals surface area contributed by atoms with Gasteiger partial charge in [0.15, 0.2) is 0 Å². The van der Waals surface area contributed by atoms with Gasteiger partial charge in [-0.2, -0.15) is 0 Å². The molecule has 4 amide bonds. The highest BCUT2D eigenvalue weighted by Crippen LogP contribution is 2.05. The molecule has 0 spiro atoms. The van der Waals surface area contributed by atoms with Gasteiger partial charge in [-0.1, -0.05) is 40.5 Å². The van der Waals surface area contributed by atoms with E-state index < -0.39 is 6.09 Å². The molecule has 29 heavy (non-hydrogen) atoms. The van der Waals surface area contributed by atoms with Gasteiger partial charge in [0.25, 0.3) is 0 Å². The van der Waals surface area contributed by atoms with E-state index in [4.69, 9.17) is 4.74 Å². The van der Waals surface area contributed by atoms with Crippen molar-refractivity contribution in [3.05, 3.63) is 0 Å². The van der Waals surface area contributed by atoms with E-state index in [0.717, 1.165) is 12.8 Å². The van der Waals surface area contributed by atoms with Gasteiger partial charge in [0.05, 0.1) is 19.7 Å². The lowest BCUT2D eigenvalue weighted by molar-refractivity contribution is -0.126. The Morgan fingerprint density at radius 1 is 0.793 bits per heavy atom. The van der Waals surface area contributed by atoms with Crippen LogP contribution in [0.25, 0.3) is 0 Å². The van der Waals surface area contributed by atoms with E-state index in [1.54, 1.807) is 0 Å². The highest BCUT2D eigenvalue weighted by Gasteiger charge is 2.09. The van der Waals surface area contributed by atoms with Crippen LogP contribution in [0.5, 0.6) is 0 Å². The Morgan fingerprint density at radius 2 is 1.34 bits per heavy atom. The van der Waals surface area contributed by atoms with Gasteiger partial charge >= 0.3 is 6.09 Å². The third-order valence-electron chi connectivity index (χ3n) is 3.99. The van der Waals surface area contributed by atoms with E-state index in [-0.39, 0.29) is 36.9 Å². The van der Waals surface area contributed by atoms with Gasteiger partial charge in [0.2, 0.25) is 17.7 Å². The molecule has 0 aliphatic heterocycles. The number of hydrogen-bond donors (Lipinski definition) is 4. The van der Waals surface area contributed by atoms with Gasteiger partial charge < -0.3 is 26.0 Å². The van der Waals surface area contributed by atoms with Crippen molar-refractivity contribution >= 4 is 23.8 Å². The third kappa shape index (κ3) is 20.2. The summed E-state index contributed by atoms with van der Waals surface area (Å²) in [6.45, 7) is 12.3. The molecule has 0 saturated carbocycles. The van der Waals surface area contributed by atoms with Gasteiger partial charge in [-0.25, -0.2) is 4.79 Å². The van der Waals surface area contributed by atoms with Crippen molar-refractivity contribution in [2.45, 2.75) is 66.8 Å². The van der Waals surface area contributed by atoms with Gasteiger partial charge in [-0.3, -0.25) is 14.4 Å². The molecule has 0 aliphatic rings. The van der Waals surface area contributed by atoms with Crippen LogP contribution in [0.3, 0.4) is 0 Å². The summed E-state index contributed by atoms with van der Waals surface area (Å²) in [6, 6.07) is 0.115. The largest absolute Gasteiger partial charge is 0.449 e. The summed E-state index contributed by atoms with van der Waals surface area (Å²) < 4.78 is 4.86. The number of rotatable bonds is 11. The smallest absolute Gasteiger partial charge is 0.407 e. The number of carbonyl (C=O) groups excluding carboxylic acids is 4. The van der Waals surface area contributed by atoms with Crippen molar-refractivity contribution in [1.29, 1.82) is 0 Å². The van der Waals surface area contributed by atoms with Crippen LogP contribution >= 0.6 is 0 Å². The van der Waals surface area contributed by atoms with Crippen LogP contribution in [0.2, 0.25) is 0 Å². The fraction of sp³-hybridized carbons (Fsp3) is 0.800. The van der Waals surface area contributed by atoms with Crippen LogP contribution < -0.4 is 21.3 Å². The SMILES string of the molecule is CCC(C)CC(=O)NCC(=O)NC(C)C.CCC(C)COC(=O)NCC(=O)NC. The Hall–Kier alpha value is -2.32. The number of hydrogen-bond acceptors (Lipinski definition) is 5. The van der Waals surface area contributed by atoms with Crippen LogP contribution in [-0.4, -0.2) is 56.6 Å². The highest BCUT2D eigenvalue weighted by molar-refractivity contribution is 5.84. The molecule has 2 unspecified atom stereocenters. The molecule has 0 rings (SSSR count). The monoisotopic (exact) mass is 416 g/mol. The van der Waals surface area contributed by atoms with Crippen molar-refractivity contribution in [2.24, 2.45) is 11.8 Å². The molecule has 9 heteroatoms. The maximum atomic E-state index is 11.3. The lowest BCUT2D eigenvalue weighted by Gasteiger charge is -2.11. The lowest BCUT2D eigenvalue weighted by atomic mass is 10.1. The first-order chi connectivity index (χ1) is 13.5. The fourth-order valence-electron chi connectivity index (χ4n) is 1.71. The predicted octanol–water partition coefficient (Wildman–Crippen LogP) is 1.57. The molecular weight excluding hydrogens is 376 g/mol. The normalized spacial score (nSPS) is 12.0. The molecule has 0 aromatic carbocycles. The molecule has 0 fully saturated rings. The average Bonchev–Trinajstić information content (AvgIpc) is 2.68. The average molecular weight is 417 g/mol. The molecule has 0 radical (unpaired) electrons. The first-order valence-corrected chi connectivity index (χ1v) is 10.2. The molecule has 0 heterocycles. The minimum atomic E-state index is -0.547. The molecule has 9 nitrogen and oxygen atoms in total. The topological polar surface area (TPSA) is 126 Å². The summed E-state index contributed by atoms with van der Waals surface area (Å²) in [5.74, 6) is 0.287. The fourth-order valence-corrected chi connectivity index (χ4v) is 1.71. The minimum absolute atomic E-state index is 0.0458. The van der Waals surface area contributed by atoms with Gasteiger partial charge in [-0.05, 0) is 25.7 Å². The van der Waals surface area contributed by atoms with Crippen LogP contribution in [0.4, 0.5) is 4.79 Å². The Kier molecular flexibility index (Phi) is 17.7. The zero-order chi connectivity index (χ0) is 22.8. The zero-order valence-corrected chi connectivity index (χ0v) is 19.0. The van der Waals surface area contributed by atoms with Crippen molar-refractivity contribution in [2.75, 3.05) is 26.7 Å². The number of likely N-dealkylation sites (N-methyl/N-ethyl adjacent to an activating group) is 1. The third-order valence-corrected chi connectivity index (χ3v) is 3.99. The maximum absolute atomic E-state index is 11.3. The van der Waals surface area contributed by atoms with E-state index in [1.807, 2.05) is 41.5 Å². The van der Waals surface area contributed by atoms with Crippen LogP contribution in [0.15, 0.2) is 0 Å². The van der Waals surface area contributed by atoms with Crippen molar-refractivity contribution < 1.29 is 23.9 Å². The molecule has 0 aliphatic carbocycles. The predicted molar refractivity (Wildman–Crippen MR) is 113 cm³/mol. The van der Waals surface area contributed by atoms with Gasteiger partial charge in [0.1, 0.15) is 0 Å². The molecular formula is C20H40N4O5. The molecule has 170 valence electrons. The first kappa shape index (κ1) is 28.9. The number of ether oxygens (including phenoxy) is 1. The summed E-state index contributed by atoms with van der Waals surface area (Å²) in [5, 5.41) is 10.0. The first-order valence-electron chi connectivity index (χ1n) is 10.2. The number of alkyl carbamates (subject to hydrolysis) is 1. The second kappa shape index (κ2) is 17.8. The standard InChI is InChI=1S/C11H22N2O2.C9H18N2O3/c1-5-9(4)6-10(14)12-7-11(15)13-8(2)3;1-4-7(2)6-14-9(13)11-5-8(12)10-3/h8-9H,5-7H2,1-4H3,(H,12,14)(H,13,15);7H,4-6H2,1-3H3,(H,10,12)(H,11,13). The van der Waals surface area contributed by atoms with Crippen molar-refractivity contribution in [3.63, 3.8) is 0 Å². The summed E-state index contributed by atoms with van der Waals surface area (Å²) in [4.78, 5) is 44.2. The molecule has 0 aromatic rings. The quantitative estimate of drug-likeness (QED) is 0.407. The Balaban J connectivity index is 0. The molecule has 4 N–H and O–H groups in total. The number of amides is 4. The van der Waals surface area contributed by atoms with E-state index in [0.29, 0.717) is 24.9 Å². The summed E-state index contributed by atoms with van der Waals surface area (Å²) in [7, 11) is 1.51. The molecule has 0 aromatic heterocycles. The Bertz CT molecular complexity index is 497. The number of nitrogens with one attached hydrogen (secondary N) is 4. The second-order valence-corrected chi connectivity index (χ2v) is 7.36.